The zero-order valence-corrected chi connectivity index (χ0v) is 22.6. The predicted molar refractivity (Wildman–Crippen MR) is 148 cm³/mol. The third kappa shape index (κ3) is 6.37. The van der Waals surface area contributed by atoms with Crippen molar-refractivity contribution in [3.63, 3.8) is 0 Å². The van der Waals surface area contributed by atoms with Crippen molar-refractivity contribution in [1.82, 2.24) is 4.98 Å². The Morgan fingerprint density at radius 2 is 1.67 bits per heavy atom. The van der Waals surface area contributed by atoms with Crippen LogP contribution in [-0.4, -0.2) is 29.1 Å². The monoisotopic (exact) mass is 582 g/mol. The molecule has 0 atom stereocenters. The van der Waals surface area contributed by atoms with Crippen LogP contribution in [0.15, 0.2) is 72.8 Å². The fraction of sp³-hybridized carbons (Fsp3) is 0.250. The minimum absolute atomic E-state index is 0.0446. The molecule has 0 bridgehead atoms. The highest BCUT2D eigenvalue weighted by Gasteiger charge is 2.30. The van der Waals surface area contributed by atoms with Crippen LogP contribution in [0.4, 0.5) is 27.8 Å². The topological polar surface area (TPSA) is 62.7 Å². The number of carboxylic acids is 1. The number of hydrogen-bond acceptors (Lipinski definition) is 4. The van der Waals surface area contributed by atoms with Gasteiger partial charge in [-0.05, 0) is 72.4 Å². The first-order valence-electron chi connectivity index (χ1n) is 13.3. The number of carboxylic acid groups (broad SMARTS) is 1. The number of aliphatic carboxylic acids is 1. The summed E-state index contributed by atoms with van der Waals surface area (Å²) in [6, 6.07) is 17.2. The van der Waals surface area contributed by atoms with Gasteiger partial charge in [0.05, 0.1) is 17.2 Å². The van der Waals surface area contributed by atoms with Crippen LogP contribution in [0.2, 0.25) is 0 Å². The Morgan fingerprint density at radius 3 is 2.31 bits per heavy atom. The van der Waals surface area contributed by atoms with Crippen molar-refractivity contribution in [3.8, 4) is 28.1 Å². The van der Waals surface area contributed by atoms with Crippen LogP contribution in [0.5, 0.6) is 5.75 Å². The van der Waals surface area contributed by atoms with Crippen molar-refractivity contribution in [2.45, 2.75) is 32.5 Å². The number of alkyl halides is 3. The number of nitrogens with zero attached hydrogens (tertiary/aromatic N) is 2. The van der Waals surface area contributed by atoms with E-state index < -0.39 is 35.3 Å². The van der Waals surface area contributed by atoms with Gasteiger partial charge in [-0.3, -0.25) is 4.79 Å². The van der Waals surface area contributed by atoms with Gasteiger partial charge in [-0.15, -0.1) is 0 Å². The van der Waals surface area contributed by atoms with E-state index in [1.165, 1.54) is 12.1 Å². The molecule has 1 aliphatic rings. The number of rotatable bonds is 7. The molecule has 0 amide bonds. The number of pyridine rings is 1. The number of hydrogen-bond donors (Lipinski definition) is 1. The smallest absolute Gasteiger partial charge is 0.416 e. The summed E-state index contributed by atoms with van der Waals surface area (Å²) in [5.74, 6) is -2.51. The number of carbonyl (C=O) groups is 1. The van der Waals surface area contributed by atoms with Crippen molar-refractivity contribution in [3.05, 3.63) is 101 Å². The molecule has 5 nitrogen and oxygen atoms in total. The van der Waals surface area contributed by atoms with E-state index >= 15 is 4.39 Å². The normalized spacial score (nSPS) is 14.2. The molecule has 218 valence electrons. The summed E-state index contributed by atoms with van der Waals surface area (Å²) in [4.78, 5) is 17.9. The maximum absolute atomic E-state index is 15.0. The van der Waals surface area contributed by atoms with Gasteiger partial charge in [0.2, 0.25) is 0 Å². The molecular weight excluding hydrogens is 555 g/mol. The first kappa shape index (κ1) is 29.0. The lowest BCUT2D eigenvalue weighted by molar-refractivity contribution is -0.142. The molecule has 42 heavy (non-hydrogen) atoms. The van der Waals surface area contributed by atoms with Crippen LogP contribution >= 0.6 is 0 Å². The second kappa shape index (κ2) is 11.8. The number of aromatic nitrogens is 1. The van der Waals surface area contributed by atoms with Crippen LogP contribution < -0.4 is 9.64 Å². The molecule has 1 N–H and O–H groups in total. The third-order valence-electron chi connectivity index (χ3n) is 7.45. The van der Waals surface area contributed by atoms with Gasteiger partial charge in [0.25, 0.3) is 0 Å². The van der Waals surface area contributed by atoms with Crippen molar-refractivity contribution < 1.29 is 36.6 Å². The molecule has 4 aromatic rings. The second-order valence-corrected chi connectivity index (χ2v) is 10.2. The molecule has 0 saturated carbocycles. The van der Waals surface area contributed by atoms with E-state index in [1.807, 2.05) is 17.9 Å². The summed E-state index contributed by atoms with van der Waals surface area (Å²) in [6.07, 6.45) is -3.47. The van der Waals surface area contributed by atoms with Crippen molar-refractivity contribution >= 4 is 11.8 Å². The maximum atomic E-state index is 15.0. The van der Waals surface area contributed by atoms with Gasteiger partial charge in [-0.2, -0.15) is 13.2 Å². The van der Waals surface area contributed by atoms with E-state index in [-0.39, 0.29) is 17.9 Å². The molecule has 1 saturated heterocycles. The standard InChI is InChI=1S/C32H27F5N2O3/c1-19-15-22(20-7-9-24(10-8-20)32(35,36)37)5-6-23(19)18-42-30-26(16-25(33)17-27(30)34)28-3-2-4-29(38-28)39-13-11-21(12-14-39)31(40)41/h2-10,15-17,21H,11-14,18H2,1H3,(H,40,41). The quantitative estimate of drug-likeness (QED) is 0.225. The molecular formula is C32H27F5N2O3. The number of ether oxygens (including phenoxy) is 1. The second-order valence-electron chi connectivity index (χ2n) is 10.2. The SMILES string of the molecule is Cc1cc(-c2ccc(C(F)(F)F)cc2)ccc1COc1c(F)cc(F)cc1-c1cccc(N2CCC(C(=O)O)CC2)n1. The van der Waals surface area contributed by atoms with E-state index in [9.17, 15) is 27.5 Å². The zero-order valence-electron chi connectivity index (χ0n) is 22.6. The molecule has 1 fully saturated rings. The van der Waals surface area contributed by atoms with Gasteiger partial charge in [0.15, 0.2) is 11.6 Å². The first-order chi connectivity index (χ1) is 20.0. The van der Waals surface area contributed by atoms with Gasteiger partial charge < -0.3 is 14.7 Å². The number of anilines is 1. The number of piperidine rings is 1. The average molecular weight is 583 g/mol. The molecule has 1 aliphatic heterocycles. The minimum Gasteiger partial charge on any atom is -0.485 e. The number of aryl methyl sites for hydroxylation is 1. The highest BCUT2D eigenvalue weighted by molar-refractivity contribution is 5.71. The summed E-state index contributed by atoms with van der Waals surface area (Å²) in [6.45, 7) is 2.76. The van der Waals surface area contributed by atoms with E-state index in [4.69, 9.17) is 4.74 Å². The highest BCUT2D eigenvalue weighted by atomic mass is 19.4. The molecule has 1 aromatic heterocycles. The minimum atomic E-state index is -4.42. The van der Waals surface area contributed by atoms with Crippen LogP contribution in [0.3, 0.4) is 0 Å². The third-order valence-corrected chi connectivity index (χ3v) is 7.45. The Morgan fingerprint density at radius 1 is 0.976 bits per heavy atom. The summed E-state index contributed by atoms with van der Waals surface area (Å²) in [5, 5.41) is 9.27. The molecule has 2 heterocycles. The van der Waals surface area contributed by atoms with E-state index in [1.54, 1.807) is 30.3 Å². The number of benzene rings is 3. The Labute approximate surface area is 239 Å². The lowest BCUT2D eigenvalue weighted by Gasteiger charge is -2.31. The molecule has 5 rings (SSSR count). The van der Waals surface area contributed by atoms with Gasteiger partial charge >= 0.3 is 12.1 Å². The Hall–Kier alpha value is -4.47. The Bertz CT molecular complexity index is 1600. The average Bonchev–Trinajstić information content (AvgIpc) is 2.96. The van der Waals surface area contributed by atoms with E-state index in [0.717, 1.165) is 29.8 Å². The van der Waals surface area contributed by atoms with E-state index in [0.29, 0.717) is 54.1 Å². The predicted octanol–water partition coefficient (Wildman–Crippen LogP) is 7.90. The molecule has 0 radical (unpaired) electrons. The summed E-state index contributed by atoms with van der Waals surface area (Å²) in [5.41, 5.74) is 2.53. The highest BCUT2D eigenvalue weighted by Crippen LogP contribution is 2.35. The largest absolute Gasteiger partial charge is 0.485 e. The fourth-order valence-electron chi connectivity index (χ4n) is 5.04. The first-order valence-corrected chi connectivity index (χ1v) is 13.3. The van der Waals surface area contributed by atoms with Gasteiger partial charge in [0.1, 0.15) is 18.2 Å². The molecule has 3 aromatic carbocycles. The lowest BCUT2D eigenvalue weighted by atomic mass is 9.97. The summed E-state index contributed by atoms with van der Waals surface area (Å²) in [7, 11) is 0. The Balaban J connectivity index is 1.36. The molecule has 10 heteroatoms. The number of halogens is 5. The fourth-order valence-corrected chi connectivity index (χ4v) is 5.04. The van der Waals surface area contributed by atoms with Crippen LogP contribution in [0.25, 0.3) is 22.4 Å². The van der Waals surface area contributed by atoms with Crippen molar-refractivity contribution in [1.29, 1.82) is 0 Å². The van der Waals surface area contributed by atoms with Crippen molar-refractivity contribution in [2.75, 3.05) is 18.0 Å². The van der Waals surface area contributed by atoms with Crippen LogP contribution in [-0.2, 0) is 17.6 Å². The maximum Gasteiger partial charge on any atom is 0.416 e. The molecule has 0 spiro atoms. The van der Waals surface area contributed by atoms with Crippen LogP contribution in [0, 0.1) is 24.5 Å². The van der Waals surface area contributed by atoms with Crippen LogP contribution in [0.1, 0.15) is 29.5 Å². The summed E-state index contributed by atoms with van der Waals surface area (Å²) < 4.78 is 74.0. The van der Waals surface area contributed by atoms with Gasteiger partial charge in [0, 0.05) is 24.7 Å². The van der Waals surface area contributed by atoms with Crippen molar-refractivity contribution in [2.24, 2.45) is 5.92 Å². The summed E-state index contributed by atoms with van der Waals surface area (Å²) >= 11 is 0. The zero-order chi connectivity index (χ0) is 30.0. The van der Waals surface area contributed by atoms with Gasteiger partial charge in [-0.1, -0.05) is 36.4 Å². The van der Waals surface area contributed by atoms with E-state index in [2.05, 4.69) is 4.98 Å². The molecule has 0 unspecified atom stereocenters. The Kier molecular flexibility index (Phi) is 8.15. The lowest BCUT2D eigenvalue weighted by Crippen LogP contribution is -2.36. The molecule has 0 aliphatic carbocycles. The van der Waals surface area contributed by atoms with Gasteiger partial charge in [-0.25, -0.2) is 13.8 Å².